The van der Waals surface area contributed by atoms with E-state index in [1.807, 2.05) is 18.2 Å². The number of H-pyrrole nitrogens is 1. The molecule has 0 bridgehead atoms. The molecule has 21 heavy (non-hydrogen) atoms. The van der Waals surface area contributed by atoms with Crippen molar-refractivity contribution in [3.05, 3.63) is 51.7 Å². The van der Waals surface area contributed by atoms with Crippen LogP contribution in [0.25, 0.3) is 5.65 Å². The first-order chi connectivity index (χ1) is 10.1. The number of nitrogens with one attached hydrogen (secondary N) is 1. The van der Waals surface area contributed by atoms with Crippen LogP contribution >= 0.6 is 0 Å². The average Bonchev–Trinajstić information content (AvgIpc) is 3.02. The molecule has 0 fully saturated rings. The third-order valence-corrected chi connectivity index (χ3v) is 3.83. The molecule has 7 nitrogen and oxygen atoms in total. The summed E-state index contributed by atoms with van der Waals surface area (Å²) in [5.41, 5.74) is 9.39. The van der Waals surface area contributed by atoms with Crippen LogP contribution in [0.15, 0.2) is 29.1 Å². The number of aryl methyl sites for hydroxylation is 1. The number of nitrogens with zero attached hydrogens (tertiary/aromatic N) is 4. The molecule has 0 unspecified atom stereocenters. The second-order valence-electron chi connectivity index (χ2n) is 5.27. The minimum atomic E-state index is -0.265. The van der Waals surface area contributed by atoms with Crippen molar-refractivity contribution in [2.75, 3.05) is 10.6 Å². The number of aromatic nitrogens is 4. The predicted molar refractivity (Wildman–Crippen MR) is 79.1 cm³/mol. The van der Waals surface area contributed by atoms with Gasteiger partial charge in [0, 0.05) is 24.8 Å². The molecule has 7 heteroatoms. The number of nitrogen functional groups attached to an aromatic ring is 1. The fourth-order valence-corrected chi connectivity index (χ4v) is 2.82. The average molecular weight is 282 g/mol. The molecule has 1 aliphatic rings. The van der Waals surface area contributed by atoms with Crippen molar-refractivity contribution in [3.63, 3.8) is 0 Å². The first-order valence-electron chi connectivity index (χ1n) is 6.69. The monoisotopic (exact) mass is 282 g/mol. The second-order valence-corrected chi connectivity index (χ2v) is 5.27. The molecule has 4 rings (SSSR count). The number of hydrogen-bond acceptors (Lipinski definition) is 5. The van der Waals surface area contributed by atoms with Gasteiger partial charge in [0.25, 0.3) is 0 Å². The van der Waals surface area contributed by atoms with E-state index in [4.69, 9.17) is 5.73 Å². The number of hydrogen-bond donors (Lipinski definition) is 2. The summed E-state index contributed by atoms with van der Waals surface area (Å²) < 4.78 is 1.46. The molecule has 0 radical (unpaired) electrons. The number of benzene rings is 1. The van der Waals surface area contributed by atoms with Crippen molar-refractivity contribution < 1.29 is 0 Å². The Labute approximate surface area is 120 Å². The molecule has 0 saturated heterocycles. The lowest BCUT2D eigenvalue weighted by Crippen LogP contribution is -2.19. The first-order valence-corrected chi connectivity index (χ1v) is 6.69. The van der Waals surface area contributed by atoms with E-state index in [9.17, 15) is 4.79 Å². The van der Waals surface area contributed by atoms with Crippen molar-refractivity contribution in [2.24, 2.45) is 0 Å². The van der Waals surface area contributed by atoms with Crippen LogP contribution in [-0.4, -0.2) is 19.6 Å². The number of rotatable bonds is 1. The van der Waals surface area contributed by atoms with Gasteiger partial charge in [-0.15, -0.1) is 0 Å². The summed E-state index contributed by atoms with van der Waals surface area (Å²) in [6.07, 6.45) is 0. The smallest absolute Gasteiger partial charge is 0.349 e. The number of anilines is 2. The minimum absolute atomic E-state index is 0.265. The SMILES string of the molecule is Cc1nc(N2Cc3ccc(N)cc3C2)cc2n[nH]c(=O)n12. The van der Waals surface area contributed by atoms with Gasteiger partial charge in [-0.3, -0.25) is 0 Å². The Balaban J connectivity index is 1.77. The maximum absolute atomic E-state index is 11.6. The zero-order chi connectivity index (χ0) is 14.6. The van der Waals surface area contributed by atoms with Gasteiger partial charge in [-0.25, -0.2) is 19.3 Å². The van der Waals surface area contributed by atoms with E-state index in [0.717, 1.165) is 24.6 Å². The molecule has 0 atom stereocenters. The van der Waals surface area contributed by atoms with Crippen LogP contribution in [0.2, 0.25) is 0 Å². The van der Waals surface area contributed by atoms with Crippen LogP contribution < -0.4 is 16.3 Å². The molecular weight excluding hydrogens is 268 g/mol. The quantitative estimate of drug-likeness (QED) is 0.645. The Hall–Kier alpha value is -2.83. The lowest BCUT2D eigenvalue weighted by Gasteiger charge is -2.17. The van der Waals surface area contributed by atoms with Crippen LogP contribution in [-0.2, 0) is 13.1 Å². The Bertz CT molecular complexity index is 909. The molecule has 0 aliphatic carbocycles. The van der Waals surface area contributed by atoms with Gasteiger partial charge < -0.3 is 10.6 Å². The van der Waals surface area contributed by atoms with E-state index in [0.29, 0.717) is 11.5 Å². The molecule has 0 amide bonds. The Kier molecular flexibility index (Phi) is 2.32. The van der Waals surface area contributed by atoms with Crippen molar-refractivity contribution in [1.82, 2.24) is 19.6 Å². The highest BCUT2D eigenvalue weighted by Crippen LogP contribution is 2.28. The van der Waals surface area contributed by atoms with Gasteiger partial charge in [0.2, 0.25) is 0 Å². The zero-order valence-corrected chi connectivity index (χ0v) is 11.5. The van der Waals surface area contributed by atoms with Crippen LogP contribution in [0.4, 0.5) is 11.5 Å². The summed E-state index contributed by atoms with van der Waals surface area (Å²) in [6, 6.07) is 7.78. The fourth-order valence-electron chi connectivity index (χ4n) is 2.82. The van der Waals surface area contributed by atoms with Gasteiger partial charge in [0.1, 0.15) is 11.6 Å². The van der Waals surface area contributed by atoms with E-state index in [2.05, 4.69) is 26.1 Å². The summed E-state index contributed by atoms with van der Waals surface area (Å²) in [5, 5.41) is 6.46. The van der Waals surface area contributed by atoms with Crippen molar-refractivity contribution in [1.29, 1.82) is 0 Å². The zero-order valence-electron chi connectivity index (χ0n) is 11.5. The summed E-state index contributed by atoms with van der Waals surface area (Å²) in [5.74, 6) is 1.44. The maximum Gasteiger partial charge on any atom is 0.349 e. The van der Waals surface area contributed by atoms with Gasteiger partial charge in [0.15, 0.2) is 5.65 Å². The van der Waals surface area contributed by atoms with E-state index in [1.54, 1.807) is 6.92 Å². The predicted octanol–water partition coefficient (Wildman–Crippen LogP) is 0.828. The van der Waals surface area contributed by atoms with E-state index in [1.165, 1.54) is 15.5 Å². The molecule has 0 spiro atoms. The van der Waals surface area contributed by atoms with Crippen LogP contribution in [0.1, 0.15) is 17.0 Å². The lowest BCUT2D eigenvalue weighted by molar-refractivity contribution is 0.833. The molecular formula is C14H14N6O. The van der Waals surface area contributed by atoms with Gasteiger partial charge in [-0.1, -0.05) is 6.07 Å². The van der Waals surface area contributed by atoms with Gasteiger partial charge in [0.05, 0.1) is 0 Å². The third kappa shape index (κ3) is 1.78. The minimum Gasteiger partial charge on any atom is -0.399 e. The highest BCUT2D eigenvalue weighted by atomic mass is 16.1. The summed E-state index contributed by atoms with van der Waals surface area (Å²) in [6.45, 7) is 3.35. The number of aromatic amines is 1. The summed E-state index contributed by atoms with van der Waals surface area (Å²) in [7, 11) is 0. The first kappa shape index (κ1) is 12.0. The Morgan fingerprint density at radius 3 is 2.90 bits per heavy atom. The number of fused-ring (bicyclic) bond motifs is 2. The Morgan fingerprint density at radius 2 is 2.05 bits per heavy atom. The summed E-state index contributed by atoms with van der Waals surface area (Å²) >= 11 is 0. The van der Waals surface area contributed by atoms with E-state index >= 15 is 0 Å². The largest absolute Gasteiger partial charge is 0.399 e. The molecule has 1 aliphatic heterocycles. The molecule has 3 aromatic rings. The van der Waals surface area contributed by atoms with Gasteiger partial charge >= 0.3 is 5.69 Å². The van der Waals surface area contributed by atoms with Crippen molar-refractivity contribution in [2.45, 2.75) is 20.0 Å². The van der Waals surface area contributed by atoms with Crippen molar-refractivity contribution in [3.8, 4) is 0 Å². The van der Waals surface area contributed by atoms with E-state index < -0.39 is 0 Å². The van der Waals surface area contributed by atoms with Gasteiger partial charge in [-0.05, 0) is 30.2 Å². The molecule has 3 N–H and O–H groups in total. The lowest BCUT2D eigenvalue weighted by atomic mass is 10.1. The number of nitrogens with two attached hydrogens (primary N) is 1. The third-order valence-electron chi connectivity index (χ3n) is 3.83. The molecule has 2 aromatic heterocycles. The second kappa shape index (κ2) is 4.08. The highest BCUT2D eigenvalue weighted by Gasteiger charge is 2.21. The normalized spacial score (nSPS) is 13.9. The van der Waals surface area contributed by atoms with Crippen LogP contribution in [0.3, 0.4) is 0 Å². The van der Waals surface area contributed by atoms with Crippen LogP contribution in [0, 0.1) is 6.92 Å². The van der Waals surface area contributed by atoms with E-state index in [-0.39, 0.29) is 5.69 Å². The molecule has 1 aromatic carbocycles. The maximum atomic E-state index is 11.6. The molecule has 106 valence electrons. The summed E-state index contributed by atoms with van der Waals surface area (Å²) in [4.78, 5) is 18.3. The molecule has 0 saturated carbocycles. The Morgan fingerprint density at radius 1 is 1.24 bits per heavy atom. The standard InChI is InChI=1S/C14H14N6O/c1-8-16-12(5-13-17-18-14(21)20(8)13)19-6-9-2-3-11(15)4-10(9)7-19/h2-5H,6-7,15H2,1H3,(H,18,21). The van der Waals surface area contributed by atoms with Crippen molar-refractivity contribution >= 4 is 17.2 Å². The molecule has 3 heterocycles. The highest BCUT2D eigenvalue weighted by molar-refractivity contribution is 5.56. The van der Waals surface area contributed by atoms with Crippen LogP contribution in [0.5, 0.6) is 0 Å². The fraction of sp³-hybridized carbons (Fsp3) is 0.214. The van der Waals surface area contributed by atoms with Gasteiger partial charge in [-0.2, -0.15) is 5.10 Å². The topological polar surface area (TPSA) is 92.3 Å².